The van der Waals surface area contributed by atoms with Crippen LogP contribution in [0.15, 0.2) is 36.4 Å². The lowest BCUT2D eigenvalue weighted by molar-refractivity contribution is 0.100. The number of primary amides is 1. The van der Waals surface area contributed by atoms with Crippen molar-refractivity contribution in [3.63, 3.8) is 0 Å². The summed E-state index contributed by atoms with van der Waals surface area (Å²) >= 11 is 5.98. The molecule has 3 rings (SSSR count). The van der Waals surface area contributed by atoms with Gasteiger partial charge in [0.15, 0.2) is 0 Å². The molecule has 0 atom stereocenters. The number of hydrogen-bond donors (Lipinski definition) is 3. The van der Waals surface area contributed by atoms with Crippen LogP contribution in [0.25, 0.3) is 11.0 Å². The van der Waals surface area contributed by atoms with Gasteiger partial charge in [-0.1, -0.05) is 23.7 Å². The predicted octanol–water partition coefficient (Wildman–Crippen LogP) is 2.96. The second-order valence-electron chi connectivity index (χ2n) is 5.90. The molecule has 0 saturated heterocycles. The first-order chi connectivity index (χ1) is 12.4. The Morgan fingerprint density at radius 2 is 2.04 bits per heavy atom. The van der Waals surface area contributed by atoms with Crippen LogP contribution in [-0.4, -0.2) is 21.5 Å². The zero-order valence-electron chi connectivity index (χ0n) is 14.3. The average Bonchev–Trinajstić information content (AvgIpc) is 2.90. The summed E-state index contributed by atoms with van der Waals surface area (Å²) in [6.07, 6.45) is 0. The Hall–Kier alpha value is -3.06. The first-order valence-electron chi connectivity index (χ1n) is 7.92. The average molecular weight is 372 g/mol. The summed E-state index contributed by atoms with van der Waals surface area (Å²) in [6, 6.07) is 10.0. The highest BCUT2D eigenvalue weighted by molar-refractivity contribution is 6.34. The fraction of sp³-hybridized carbons (Fsp3) is 0.167. The van der Waals surface area contributed by atoms with Gasteiger partial charge in [0.1, 0.15) is 5.82 Å². The van der Waals surface area contributed by atoms with Crippen molar-refractivity contribution in [2.45, 2.75) is 13.5 Å². The van der Waals surface area contributed by atoms with Crippen LogP contribution in [0.1, 0.15) is 21.7 Å². The Kier molecular flexibility index (Phi) is 4.81. The van der Waals surface area contributed by atoms with Gasteiger partial charge in [0.2, 0.25) is 5.91 Å². The molecule has 0 bridgehead atoms. The molecule has 0 unspecified atom stereocenters. The van der Waals surface area contributed by atoms with Crippen molar-refractivity contribution >= 4 is 40.3 Å². The van der Waals surface area contributed by atoms with E-state index in [1.54, 1.807) is 6.07 Å². The number of rotatable bonds is 4. The maximum Gasteiger partial charge on any atom is 0.319 e. The Morgan fingerprint density at radius 1 is 1.27 bits per heavy atom. The first-order valence-corrected chi connectivity index (χ1v) is 8.29. The van der Waals surface area contributed by atoms with Crippen LogP contribution in [-0.2, 0) is 13.6 Å². The third kappa shape index (κ3) is 3.48. The molecule has 0 aliphatic carbocycles. The number of nitrogens with one attached hydrogen (secondary N) is 2. The minimum absolute atomic E-state index is 0.182. The SMILES string of the molecule is Cc1cccc2nc(CNC(=O)Nc3ccc(C(N)=O)c(Cl)c3)n(C)c12. The lowest BCUT2D eigenvalue weighted by Crippen LogP contribution is -2.29. The molecule has 8 heteroatoms. The van der Waals surface area contributed by atoms with Gasteiger partial charge in [-0.15, -0.1) is 0 Å². The van der Waals surface area contributed by atoms with Gasteiger partial charge in [0.05, 0.1) is 28.2 Å². The third-order valence-electron chi connectivity index (χ3n) is 4.09. The highest BCUT2D eigenvalue weighted by atomic mass is 35.5. The van der Waals surface area contributed by atoms with Crippen molar-refractivity contribution < 1.29 is 9.59 Å². The van der Waals surface area contributed by atoms with Gasteiger partial charge in [0, 0.05) is 12.7 Å². The van der Waals surface area contributed by atoms with E-state index in [-0.39, 0.29) is 17.1 Å². The monoisotopic (exact) mass is 371 g/mol. The number of aromatic nitrogens is 2. The van der Waals surface area contributed by atoms with Gasteiger partial charge in [-0.3, -0.25) is 4.79 Å². The zero-order valence-corrected chi connectivity index (χ0v) is 15.1. The smallest absolute Gasteiger partial charge is 0.319 e. The molecule has 2 aromatic carbocycles. The van der Waals surface area contributed by atoms with E-state index in [2.05, 4.69) is 15.6 Å². The standard InChI is InChI=1S/C18H18ClN5O2/c1-10-4-3-5-14-16(10)24(2)15(23-14)9-21-18(26)22-11-6-7-12(17(20)25)13(19)8-11/h3-8H,9H2,1-2H3,(H2,20,25)(H2,21,22,26). The summed E-state index contributed by atoms with van der Waals surface area (Å²) in [7, 11) is 1.92. The maximum absolute atomic E-state index is 12.1. The molecule has 3 amide bonds. The Labute approximate surface area is 155 Å². The number of anilines is 1. The highest BCUT2D eigenvalue weighted by Crippen LogP contribution is 2.21. The Morgan fingerprint density at radius 3 is 2.69 bits per heavy atom. The second-order valence-corrected chi connectivity index (χ2v) is 6.30. The van der Waals surface area contributed by atoms with E-state index in [0.717, 1.165) is 22.4 Å². The summed E-state index contributed by atoms with van der Waals surface area (Å²) in [5.74, 6) is 0.120. The van der Waals surface area contributed by atoms with Crippen LogP contribution < -0.4 is 16.4 Å². The largest absolute Gasteiger partial charge is 0.366 e. The van der Waals surface area contributed by atoms with Crippen LogP contribution >= 0.6 is 11.6 Å². The van der Waals surface area contributed by atoms with E-state index >= 15 is 0 Å². The van der Waals surface area contributed by atoms with Crippen molar-refractivity contribution in [1.29, 1.82) is 0 Å². The van der Waals surface area contributed by atoms with E-state index < -0.39 is 11.9 Å². The molecule has 4 N–H and O–H groups in total. The van der Waals surface area contributed by atoms with Crippen molar-refractivity contribution in [2.75, 3.05) is 5.32 Å². The highest BCUT2D eigenvalue weighted by Gasteiger charge is 2.12. The lowest BCUT2D eigenvalue weighted by atomic mass is 10.2. The van der Waals surface area contributed by atoms with E-state index in [4.69, 9.17) is 17.3 Å². The number of para-hydroxylation sites is 1. The molecule has 0 spiro atoms. The molecule has 134 valence electrons. The van der Waals surface area contributed by atoms with E-state index in [0.29, 0.717) is 5.69 Å². The molecule has 7 nitrogen and oxygen atoms in total. The van der Waals surface area contributed by atoms with Gasteiger partial charge >= 0.3 is 6.03 Å². The summed E-state index contributed by atoms with van der Waals surface area (Å²) in [5, 5.41) is 5.60. The van der Waals surface area contributed by atoms with E-state index in [9.17, 15) is 9.59 Å². The topological polar surface area (TPSA) is 102 Å². The number of nitrogens with two attached hydrogens (primary N) is 1. The number of halogens is 1. The minimum Gasteiger partial charge on any atom is -0.366 e. The molecule has 26 heavy (non-hydrogen) atoms. The predicted molar refractivity (Wildman–Crippen MR) is 101 cm³/mol. The first kappa shape index (κ1) is 17.8. The molecule has 0 fully saturated rings. The van der Waals surface area contributed by atoms with E-state index in [1.165, 1.54) is 12.1 Å². The van der Waals surface area contributed by atoms with Gasteiger partial charge < -0.3 is 20.9 Å². The van der Waals surface area contributed by atoms with Crippen molar-refractivity contribution in [3.05, 3.63) is 58.4 Å². The molecule has 1 aromatic heterocycles. The van der Waals surface area contributed by atoms with Gasteiger partial charge in [-0.25, -0.2) is 9.78 Å². The number of hydrogen-bond acceptors (Lipinski definition) is 3. The fourth-order valence-corrected chi connectivity index (χ4v) is 3.07. The lowest BCUT2D eigenvalue weighted by Gasteiger charge is -2.09. The Balaban J connectivity index is 1.68. The molecule has 1 heterocycles. The molecular formula is C18H18ClN5O2. The number of urea groups is 1. The van der Waals surface area contributed by atoms with E-state index in [1.807, 2.05) is 36.7 Å². The van der Waals surface area contributed by atoms with Crippen molar-refractivity contribution in [1.82, 2.24) is 14.9 Å². The number of carbonyl (C=O) groups is 2. The van der Waals surface area contributed by atoms with Crippen molar-refractivity contribution in [2.24, 2.45) is 12.8 Å². The number of amides is 3. The zero-order chi connectivity index (χ0) is 18.8. The number of nitrogens with zero attached hydrogens (tertiary/aromatic N) is 2. The van der Waals surface area contributed by atoms with Crippen LogP contribution in [0, 0.1) is 6.92 Å². The van der Waals surface area contributed by atoms with Crippen LogP contribution in [0.4, 0.5) is 10.5 Å². The van der Waals surface area contributed by atoms with Crippen LogP contribution in [0.2, 0.25) is 5.02 Å². The number of fused-ring (bicyclic) bond motifs is 1. The second kappa shape index (κ2) is 7.05. The molecule has 0 aliphatic heterocycles. The third-order valence-corrected chi connectivity index (χ3v) is 4.40. The minimum atomic E-state index is -0.622. The fourth-order valence-electron chi connectivity index (χ4n) is 2.80. The number of carbonyl (C=O) groups excluding carboxylic acids is 2. The van der Waals surface area contributed by atoms with Gasteiger partial charge in [-0.05, 0) is 36.8 Å². The molecular weight excluding hydrogens is 354 g/mol. The Bertz CT molecular complexity index is 1010. The summed E-state index contributed by atoms with van der Waals surface area (Å²) in [4.78, 5) is 27.8. The van der Waals surface area contributed by atoms with Gasteiger partial charge in [0.25, 0.3) is 0 Å². The molecule has 3 aromatic rings. The normalized spacial score (nSPS) is 10.7. The number of benzene rings is 2. The van der Waals surface area contributed by atoms with Crippen LogP contribution in [0.3, 0.4) is 0 Å². The molecule has 0 saturated carbocycles. The summed E-state index contributed by atoms with van der Waals surface area (Å²) in [5.41, 5.74) is 8.91. The van der Waals surface area contributed by atoms with Crippen molar-refractivity contribution in [3.8, 4) is 0 Å². The number of aryl methyl sites for hydroxylation is 2. The maximum atomic E-state index is 12.1. The summed E-state index contributed by atoms with van der Waals surface area (Å²) < 4.78 is 1.96. The quantitative estimate of drug-likeness (QED) is 0.657. The molecule has 0 aliphatic rings. The van der Waals surface area contributed by atoms with Crippen LogP contribution in [0.5, 0.6) is 0 Å². The summed E-state index contributed by atoms with van der Waals surface area (Å²) in [6.45, 7) is 2.29. The van der Waals surface area contributed by atoms with Gasteiger partial charge in [-0.2, -0.15) is 0 Å². The molecule has 0 radical (unpaired) electrons. The number of imidazole rings is 1.